The lowest BCUT2D eigenvalue weighted by Crippen LogP contribution is -2.37. The first-order valence-corrected chi connectivity index (χ1v) is 5.04. The van der Waals surface area contributed by atoms with Gasteiger partial charge in [0, 0.05) is 18.3 Å². The van der Waals surface area contributed by atoms with Gasteiger partial charge in [0.05, 0.1) is 6.54 Å². The third-order valence-electron chi connectivity index (χ3n) is 1.93. The van der Waals surface area contributed by atoms with E-state index in [0.29, 0.717) is 13.1 Å². The van der Waals surface area contributed by atoms with Gasteiger partial charge in [0.2, 0.25) is 0 Å². The minimum atomic E-state index is -4.36. The molecule has 0 amide bonds. The number of hydrogen-bond acceptors (Lipinski definition) is 2. The molecule has 0 saturated carbocycles. The fraction of sp³-hybridized carbons (Fsp3) is 0.700. The second-order valence-electron chi connectivity index (χ2n) is 4.64. The van der Waals surface area contributed by atoms with Crippen molar-refractivity contribution < 1.29 is 13.2 Å². The summed E-state index contributed by atoms with van der Waals surface area (Å²) < 4.78 is 38.0. The fourth-order valence-electron chi connectivity index (χ4n) is 1.18. The molecular formula is C10H16F3N3. The molecule has 1 aromatic heterocycles. The molecule has 1 heterocycles. The molecule has 0 aliphatic heterocycles. The normalized spacial score (nSPS) is 13.1. The number of halogens is 3. The van der Waals surface area contributed by atoms with E-state index in [0.717, 1.165) is 6.07 Å². The Labute approximate surface area is 92.6 Å². The topological polar surface area (TPSA) is 29.9 Å². The number of hydrogen-bond donors (Lipinski definition) is 1. The Bertz CT molecular complexity index is 336. The highest BCUT2D eigenvalue weighted by atomic mass is 19.4. The van der Waals surface area contributed by atoms with Gasteiger partial charge < -0.3 is 5.32 Å². The van der Waals surface area contributed by atoms with Crippen molar-refractivity contribution >= 4 is 0 Å². The van der Waals surface area contributed by atoms with E-state index < -0.39 is 11.9 Å². The number of aromatic nitrogens is 2. The molecule has 0 saturated heterocycles. The second-order valence-corrected chi connectivity index (χ2v) is 4.64. The van der Waals surface area contributed by atoms with E-state index in [-0.39, 0.29) is 5.54 Å². The van der Waals surface area contributed by atoms with Crippen LogP contribution in [0.5, 0.6) is 0 Å². The minimum absolute atomic E-state index is 0.0417. The Hall–Kier alpha value is -1.04. The van der Waals surface area contributed by atoms with Gasteiger partial charge in [-0.15, -0.1) is 0 Å². The van der Waals surface area contributed by atoms with E-state index in [4.69, 9.17) is 0 Å². The molecule has 16 heavy (non-hydrogen) atoms. The first kappa shape index (κ1) is 13.0. The summed E-state index contributed by atoms with van der Waals surface area (Å²) >= 11 is 0. The lowest BCUT2D eigenvalue weighted by Gasteiger charge is -2.20. The zero-order chi connectivity index (χ0) is 12.4. The molecule has 0 bridgehead atoms. The highest BCUT2D eigenvalue weighted by molar-refractivity contribution is 5.03. The van der Waals surface area contributed by atoms with Crippen LogP contribution in [-0.4, -0.2) is 21.9 Å². The highest BCUT2D eigenvalue weighted by Crippen LogP contribution is 2.27. The van der Waals surface area contributed by atoms with Crippen LogP contribution < -0.4 is 5.32 Å². The summed E-state index contributed by atoms with van der Waals surface area (Å²) in [5.41, 5.74) is -0.886. The zero-order valence-corrected chi connectivity index (χ0v) is 9.60. The molecule has 0 atom stereocenters. The predicted octanol–water partition coefficient (Wildman–Crippen LogP) is 2.29. The summed E-state index contributed by atoms with van der Waals surface area (Å²) in [5.74, 6) is 0. The van der Waals surface area contributed by atoms with Crippen molar-refractivity contribution in [2.75, 3.05) is 6.54 Å². The van der Waals surface area contributed by atoms with E-state index in [1.165, 1.54) is 10.9 Å². The maximum Gasteiger partial charge on any atom is 0.435 e. The van der Waals surface area contributed by atoms with E-state index in [1.807, 2.05) is 20.8 Å². The average Bonchev–Trinajstić information content (AvgIpc) is 2.49. The van der Waals surface area contributed by atoms with Crippen LogP contribution in [-0.2, 0) is 12.7 Å². The minimum Gasteiger partial charge on any atom is -0.310 e. The van der Waals surface area contributed by atoms with Crippen molar-refractivity contribution in [3.63, 3.8) is 0 Å². The van der Waals surface area contributed by atoms with Crippen molar-refractivity contribution in [2.24, 2.45) is 0 Å². The Morgan fingerprint density at radius 1 is 1.31 bits per heavy atom. The Morgan fingerprint density at radius 2 is 1.94 bits per heavy atom. The van der Waals surface area contributed by atoms with Crippen molar-refractivity contribution in [3.8, 4) is 0 Å². The van der Waals surface area contributed by atoms with Crippen LogP contribution >= 0.6 is 0 Å². The fourth-order valence-corrected chi connectivity index (χ4v) is 1.18. The summed E-state index contributed by atoms with van der Waals surface area (Å²) in [6, 6.07) is 0.983. The molecule has 0 unspecified atom stereocenters. The summed E-state index contributed by atoms with van der Waals surface area (Å²) in [5, 5.41) is 6.63. The largest absolute Gasteiger partial charge is 0.435 e. The molecule has 92 valence electrons. The van der Waals surface area contributed by atoms with E-state index in [1.54, 1.807) is 0 Å². The third-order valence-corrected chi connectivity index (χ3v) is 1.93. The van der Waals surface area contributed by atoms with Crippen LogP contribution in [0.2, 0.25) is 0 Å². The van der Waals surface area contributed by atoms with Crippen LogP contribution in [0.3, 0.4) is 0 Å². The molecule has 3 nitrogen and oxygen atoms in total. The van der Waals surface area contributed by atoms with Gasteiger partial charge in [0.15, 0.2) is 5.69 Å². The Morgan fingerprint density at radius 3 is 2.38 bits per heavy atom. The number of nitrogens with zero attached hydrogens (tertiary/aromatic N) is 2. The summed E-state index contributed by atoms with van der Waals surface area (Å²) in [6.45, 7) is 7.00. The molecule has 0 aromatic carbocycles. The second kappa shape index (κ2) is 4.45. The van der Waals surface area contributed by atoms with E-state index in [2.05, 4.69) is 10.4 Å². The van der Waals surface area contributed by atoms with Crippen molar-refractivity contribution in [2.45, 2.75) is 39.0 Å². The van der Waals surface area contributed by atoms with Gasteiger partial charge in [-0.3, -0.25) is 4.68 Å². The standard InChI is InChI=1S/C10H16F3N3/c1-9(2,3)14-5-7-16-6-4-8(15-16)10(11,12)13/h4,6,14H,5,7H2,1-3H3. The van der Waals surface area contributed by atoms with E-state index >= 15 is 0 Å². The smallest absolute Gasteiger partial charge is 0.310 e. The van der Waals surface area contributed by atoms with Gasteiger partial charge in [-0.2, -0.15) is 18.3 Å². The molecule has 0 radical (unpaired) electrons. The maximum atomic E-state index is 12.2. The van der Waals surface area contributed by atoms with Gasteiger partial charge in [0.25, 0.3) is 0 Å². The quantitative estimate of drug-likeness (QED) is 0.871. The van der Waals surface area contributed by atoms with Gasteiger partial charge in [-0.1, -0.05) is 0 Å². The molecule has 1 aromatic rings. The lowest BCUT2D eigenvalue weighted by molar-refractivity contribution is -0.141. The van der Waals surface area contributed by atoms with Gasteiger partial charge in [-0.05, 0) is 26.8 Å². The zero-order valence-electron chi connectivity index (χ0n) is 9.60. The maximum absolute atomic E-state index is 12.2. The Kier molecular flexibility index (Phi) is 3.62. The summed E-state index contributed by atoms with van der Waals surface area (Å²) in [4.78, 5) is 0. The van der Waals surface area contributed by atoms with Crippen LogP contribution in [0.15, 0.2) is 12.3 Å². The average molecular weight is 235 g/mol. The number of alkyl halides is 3. The van der Waals surface area contributed by atoms with Crippen LogP contribution in [0, 0.1) is 0 Å². The first-order valence-electron chi connectivity index (χ1n) is 5.04. The predicted molar refractivity (Wildman–Crippen MR) is 55.0 cm³/mol. The number of nitrogens with one attached hydrogen (secondary N) is 1. The molecule has 1 rings (SSSR count). The van der Waals surface area contributed by atoms with Gasteiger partial charge in [-0.25, -0.2) is 0 Å². The van der Waals surface area contributed by atoms with Crippen LogP contribution in [0.25, 0.3) is 0 Å². The molecule has 0 spiro atoms. The molecular weight excluding hydrogens is 219 g/mol. The van der Waals surface area contributed by atoms with Crippen molar-refractivity contribution in [1.29, 1.82) is 0 Å². The van der Waals surface area contributed by atoms with Gasteiger partial charge >= 0.3 is 6.18 Å². The molecule has 6 heteroatoms. The van der Waals surface area contributed by atoms with Crippen molar-refractivity contribution in [1.82, 2.24) is 15.1 Å². The monoisotopic (exact) mass is 235 g/mol. The number of rotatable bonds is 3. The Balaban J connectivity index is 2.48. The van der Waals surface area contributed by atoms with Crippen LogP contribution in [0.4, 0.5) is 13.2 Å². The summed E-state index contributed by atoms with van der Waals surface area (Å²) in [6.07, 6.45) is -3.02. The lowest BCUT2D eigenvalue weighted by atomic mass is 10.1. The highest BCUT2D eigenvalue weighted by Gasteiger charge is 2.33. The SMILES string of the molecule is CC(C)(C)NCCn1ccc(C(F)(F)F)n1. The van der Waals surface area contributed by atoms with Gasteiger partial charge in [0.1, 0.15) is 0 Å². The molecule has 0 aliphatic rings. The molecule has 0 aliphatic carbocycles. The third kappa shape index (κ3) is 4.22. The van der Waals surface area contributed by atoms with Crippen LogP contribution in [0.1, 0.15) is 26.5 Å². The first-order chi connectivity index (χ1) is 7.18. The molecule has 0 fully saturated rings. The molecule has 1 N–H and O–H groups in total. The van der Waals surface area contributed by atoms with Crippen molar-refractivity contribution in [3.05, 3.63) is 18.0 Å². The van der Waals surface area contributed by atoms with E-state index in [9.17, 15) is 13.2 Å². The summed E-state index contributed by atoms with van der Waals surface area (Å²) in [7, 11) is 0.